The van der Waals surface area contributed by atoms with E-state index in [0.29, 0.717) is 0 Å². The Morgan fingerprint density at radius 3 is 1.96 bits per heavy atom. The van der Waals surface area contributed by atoms with Crippen molar-refractivity contribution in [1.82, 2.24) is 0 Å². The molecule has 3 nitrogen and oxygen atoms in total. The minimum atomic E-state index is 0.263. The first kappa shape index (κ1) is 17.7. The number of benzene rings is 2. The highest BCUT2D eigenvalue weighted by Gasteiger charge is 2.10. The van der Waals surface area contributed by atoms with Gasteiger partial charge in [0.05, 0.1) is 14.2 Å². The number of phenolic OH excluding ortho intramolecular Hbond substituents is 1. The topological polar surface area (TPSA) is 38.7 Å². The summed E-state index contributed by atoms with van der Waals surface area (Å²) in [6.45, 7) is 4.15. The summed E-state index contributed by atoms with van der Waals surface area (Å²) in [7, 11) is 3.35. The lowest BCUT2D eigenvalue weighted by Gasteiger charge is -2.13. The highest BCUT2D eigenvalue weighted by molar-refractivity contribution is 5.72. The van der Waals surface area contributed by atoms with E-state index in [1.54, 1.807) is 26.4 Å². The zero-order valence-corrected chi connectivity index (χ0v) is 14.7. The molecule has 0 aliphatic heterocycles. The summed E-state index contributed by atoms with van der Waals surface area (Å²) in [6, 6.07) is 11.1. The number of ether oxygens (including phenoxy) is 2. The third-order valence-electron chi connectivity index (χ3n) is 3.71. The minimum absolute atomic E-state index is 0.263. The van der Waals surface area contributed by atoms with Crippen LogP contribution in [0.5, 0.6) is 17.2 Å². The maximum absolute atomic E-state index is 9.34. The van der Waals surface area contributed by atoms with Crippen molar-refractivity contribution in [2.75, 3.05) is 14.2 Å². The molecular weight excluding hydrogens is 300 g/mol. The molecule has 0 saturated heterocycles. The van der Waals surface area contributed by atoms with Crippen LogP contribution in [0.3, 0.4) is 0 Å². The van der Waals surface area contributed by atoms with Crippen LogP contribution < -0.4 is 9.47 Å². The maximum Gasteiger partial charge on any atom is 0.126 e. The normalized spacial score (nSPS) is 10.7. The summed E-state index contributed by atoms with van der Waals surface area (Å²) < 4.78 is 11.1. The van der Waals surface area contributed by atoms with E-state index >= 15 is 0 Å². The van der Waals surface area contributed by atoms with Crippen molar-refractivity contribution >= 4 is 12.2 Å². The van der Waals surface area contributed by atoms with Crippen LogP contribution in [0, 0.1) is 0 Å². The van der Waals surface area contributed by atoms with Gasteiger partial charge in [0.25, 0.3) is 0 Å². The average molecular weight is 324 g/mol. The van der Waals surface area contributed by atoms with Crippen LogP contribution in [0.4, 0.5) is 0 Å². The molecule has 0 fully saturated rings. The van der Waals surface area contributed by atoms with Crippen molar-refractivity contribution in [2.24, 2.45) is 0 Å². The van der Waals surface area contributed by atoms with Gasteiger partial charge in [0.2, 0.25) is 0 Å². The molecule has 0 saturated carbocycles. The lowest BCUT2D eigenvalue weighted by Crippen LogP contribution is -1.97. The predicted octanol–water partition coefficient (Wildman–Crippen LogP) is 5.09. The Morgan fingerprint density at radius 1 is 0.917 bits per heavy atom. The molecule has 1 N–H and O–H groups in total. The van der Waals surface area contributed by atoms with Crippen molar-refractivity contribution < 1.29 is 14.6 Å². The fraction of sp³-hybridized carbons (Fsp3) is 0.238. The van der Waals surface area contributed by atoms with Gasteiger partial charge in [0.15, 0.2) is 0 Å². The molecule has 3 heteroatoms. The van der Waals surface area contributed by atoms with Crippen molar-refractivity contribution in [3.63, 3.8) is 0 Å². The Bertz CT molecular complexity index is 711. The lowest BCUT2D eigenvalue weighted by atomic mass is 10.0. The summed E-state index contributed by atoms with van der Waals surface area (Å²) in [6.07, 6.45) is 6.93. The highest BCUT2D eigenvalue weighted by Crippen LogP contribution is 2.32. The molecule has 0 bridgehead atoms. The van der Waals surface area contributed by atoms with Gasteiger partial charge in [0, 0.05) is 5.56 Å². The molecule has 0 aromatic heterocycles. The molecule has 0 unspecified atom stereocenters. The third kappa shape index (κ3) is 4.66. The minimum Gasteiger partial charge on any atom is -0.508 e. The second-order valence-electron chi connectivity index (χ2n) is 5.81. The van der Waals surface area contributed by atoms with E-state index in [0.717, 1.165) is 34.6 Å². The largest absolute Gasteiger partial charge is 0.508 e. The number of hydrogen-bond acceptors (Lipinski definition) is 3. The summed E-state index contributed by atoms with van der Waals surface area (Å²) in [4.78, 5) is 0. The van der Waals surface area contributed by atoms with Crippen molar-refractivity contribution in [2.45, 2.75) is 20.3 Å². The Hall–Kier alpha value is -2.68. The van der Waals surface area contributed by atoms with Crippen molar-refractivity contribution in [3.8, 4) is 17.2 Å². The first-order valence-corrected chi connectivity index (χ1v) is 7.89. The molecule has 2 aromatic rings. The van der Waals surface area contributed by atoms with Crippen LogP contribution in [0.2, 0.25) is 0 Å². The lowest BCUT2D eigenvalue weighted by molar-refractivity contribution is 0.387. The molecule has 2 rings (SSSR count). The molecule has 0 aliphatic carbocycles. The van der Waals surface area contributed by atoms with E-state index < -0.39 is 0 Å². The second-order valence-corrected chi connectivity index (χ2v) is 5.81. The summed E-state index contributed by atoms with van der Waals surface area (Å²) >= 11 is 0. The monoisotopic (exact) mass is 324 g/mol. The van der Waals surface area contributed by atoms with Crippen LogP contribution in [-0.4, -0.2) is 19.3 Å². The Balaban J connectivity index is 2.34. The predicted molar refractivity (Wildman–Crippen MR) is 99.7 cm³/mol. The fourth-order valence-electron chi connectivity index (χ4n) is 2.39. The van der Waals surface area contributed by atoms with Gasteiger partial charge in [0.1, 0.15) is 17.2 Å². The molecule has 0 radical (unpaired) electrons. The van der Waals surface area contributed by atoms with Crippen LogP contribution in [0.1, 0.15) is 30.5 Å². The summed E-state index contributed by atoms with van der Waals surface area (Å²) in [5, 5.41) is 9.34. The molecule has 0 heterocycles. The van der Waals surface area contributed by atoms with Crippen LogP contribution in [-0.2, 0) is 6.42 Å². The van der Waals surface area contributed by atoms with Gasteiger partial charge in [-0.3, -0.25) is 0 Å². The average Bonchev–Trinajstić information content (AvgIpc) is 2.58. The standard InChI is InChI=1S/C21H24O3/c1-15(2)5-12-19-20(23-3)13-17(14-21(19)24-4)7-6-16-8-10-18(22)11-9-16/h5-11,13-14,22H,12H2,1-4H3. The van der Waals surface area contributed by atoms with Gasteiger partial charge in [-0.05, 0) is 55.7 Å². The van der Waals surface area contributed by atoms with Crippen LogP contribution in [0.15, 0.2) is 48.0 Å². The van der Waals surface area contributed by atoms with E-state index in [1.165, 1.54) is 5.57 Å². The van der Waals surface area contributed by atoms with E-state index in [2.05, 4.69) is 19.9 Å². The van der Waals surface area contributed by atoms with Crippen molar-refractivity contribution in [3.05, 3.63) is 64.7 Å². The third-order valence-corrected chi connectivity index (χ3v) is 3.71. The number of methoxy groups -OCH3 is 2. The van der Waals surface area contributed by atoms with Crippen molar-refractivity contribution in [1.29, 1.82) is 0 Å². The summed E-state index contributed by atoms with van der Waals surface area (Å²) in [5.41, 5.74) is 4.32. The quantitative estimate of drug-likeness (QED) is 0.594. The SMILES string of the molecule is COc1cc(C=Cc2ccc(O)cc2)cc(OC)c1CC=C(C)C. The number of phenols is 1. The molecule has 0 atom stereocenters. The van der Waals surface area contributed by atoms with E-state index in [1.807, 2.05) is 36.4 Å². The smallest absolute Gasteiger partial charge is 0.126 e. The van der Waals surface area contributed by atoms with Crippen LogP contribution >= 0.6 is 0 Å². The van der Waals surface area contributed by atoms with Gasteiger partial charge in [-0.1, -0.05) is 35.9 Å². The van der Waals surface area contributed by atoms with E-state index in [4.69, 9.17) is 9.47 Å². The number of hydrogen-bond donors (Lipinski definition) is 1. The van der Waals surface area contributed by atoms with Crippen LogP contribution in [0.25, 0.3) is 12.2 Å². The molecule has 126 valence electrons. The van der Waals surface area contributed by atoms with Gasteiger partial charge >= 0.3 is 0 Å². The summed E-state index contributed by atoms with van der Waals surface area (Å²) in [5.74, 6) is 1.90. The number of rotatable bonds is 6. The van der Waals surface area contributed by atoms with Gasteiger partial charge in [-0.15, -0.1) is 0 Å². The molecule has 24 heavy (non-hydrogen) atoms. The Morgan fingerprint density at radius 2 is 1.46 bits per heavy atom. The fourth-order valence-corrected chi connectivity index (χ4v) is 2.39. The molecule has 0 amide bonds. The van der Waals surface area contributed by atoms with Gasteiger partial charge in [-0.2, -0.15) is 0 Å². The zero-order valence-electron chi connectivity index (χ0n) is 14.7. The van der Waals surface area contributed by atoms with Gasteiger partial charge < -0.3 is 14.6 Å². The molecular formula is C21H24O3. The maximum atomic E-state index is 9.34. The Kier molecular flexibility index (Phi) is 6.07. The molecule has 0 spiro atoms. The highest BCUT2D eigenvalue weighted by atomic mass is 16.5. The number of aromatic hydroxyl groups is 1. The van der Waals surface area contributed by atoms with E-state index in [9.17, 15) is 5.11 Å². The first-order chi connectivity index (χ1) is 11.5. The number of allylic oxidation sites excluding steroid dienone is 2. The first-order valence-electron chi connectivity index (χ1n) is 7.89. The Labute approximate surface area is 143 Å². The zero-order chi connectivity index (χ0) is 17.5. The second kappa shape index (κ2) is 8.25. The molecule has 0 aliphatic rings. The van der Waals surface area contributed by atoms with E-state index in [-0.39, 0.29) is 5.75 Å². The molecule has 2 aromatic carbocycles. The van der Waals surface area contributed by atoms with Gasteiger partial charge in [-0.25, -0.2) is 0 Å².